The predicted octanol–water partition coefficient (Wildman–Crippen LogP) is 4.64. The fraction of sp³-hybridized carbons (Fsp3) is 0.478. The number of para-hydroxylation sites is 2. The van der Waals surface area contributed by atoms with E-state index in [0.29, 0.717) is 6.04 Å². The number of thiophene rings is 1. The summed E-state index contributed by atoms with van der Waals surface area (Å²) in [7, 11) is 0. The molecule has 0 unspecified atom stereocenters. The van der Waals surface area contributed by atoms with Crippen molar-refractivity contribution in [2.45, 2.75) is 45.7 Å². The third-order valence-corrected chi connectivity index (χ3v) is 6.58. The highest BCUT2D eigenvalue weighted by Crippen LogP contribution is 2.24. The van der Waals surface area contributed by atoms with Gasteiger partial charge in [0.15, 0.2) is 5.96 Å². The van der Waals surface area contributed by atoms with Crippen LogP contribution >= 0.6 is 35.3 Å². The van der Waals surface area contributed by atoms with Crippen LogP contribution in [0.25, 0.3) is 11.0 Å². The second-order valence-electron chi connectivity index (χ2n) is 7.77. The van der Waals surface area contributed by atoms with Crippen LogP contribution < -0.4 is 15.5 Å². The van der Waals surface area contributed by atoms with Crippen LogP contribution in [0.3, 0.4) is 0 Å². The topological polar surface area (TPSA) is 57.5 Å². The number of hydrogen-bond donors (Lipinski definition) is 2. The van der Waals surface area contributed by atoms with E-state index in [2.05, 4.69) is 74.6 Å². The van der Waals surface area contributed by atoms with Gasteiger partial charge in [0.1, 0.15) is 5.82 Å². The zero-order valence-corrected chi connectivity index (χ0v) is 21.5. The maximum atomic E-state index is 4.83. The number of benzene rings is 1. The van der Waals surface area contributed by atoms with Gasteiger partial charge in [-0.2, -0.15) is 0 Å². The summed E-state index contributed by atoms with van der Waals surface area (Å²) in [6, 6.07) is 13.2. The van der Waals surface area contributed by atoms with Gasteiger partial charge < -0.3 is 20.1 Å². The summed E-state index contributed by atoms with van der Waals surface area (Å²) in [5.74, 6) is 2.02. The van der Waals surface area contributed by atoms with E-state index in [-0.39, 0.29) is 24.0 Å². The number of aliphatic imine (C=N–C) groups is 1. The van der Waals surface area contributed by atoms with Crippen molar-refractivity contribution in [3.63, 3.8) is 0 Å². The molecule has 1 aromatic carbocycles. The van der Waals surface area contributed by atoms with Crippen molar-refractivity contribution in [3.05, 3.63) is 47.6 Å². The lowest BCUT2D eigenvalue weighted by atomic mass is 10.1. The Morgan fingerprint density at radius 1 is 1.19 bits per heavy atom. The van der Waals surface area contributed by atoms with Crippen molar-refractivity contribution >= 4 is 57.3 Å². The molecule has 1 aliphatic heterocycles. The Morgan fingerprint density at radius 2 is 2.00 bits per heavy atom. The summed E-state index contributed by atoms with van der Waals surface area (Å²) in [5.41, 5.74) is 2.28. The van der Waals surface area contributed by atoms with E-state index in [4.69, 9.17) is 4.99 Å². The van der Waals surface area contributed by atoms with E-state index >= 15 is 0 Å². The molecule has 0 aliphatic carbocycles. The van der Waals surface area contributed by atoms with Gasteiger partial charge in [-0.15, -0.1) is 35.3 Å². The molecule has 4 rings (SSSR count). The van der Waals surface area contributed by atoms with Crippen molar-refractivity contribution in [2.75, 3.05) is 31.1 Å². The van der Waals surface area contributed by atoms with E-state index in [0.717, 1.165) is 69.3 Å². The molecule has 0 saturated carbocycles. The largest absolute Gasteiger partial charge is 0.363 e. The number of piperidine rings is 1. The molecule has 0 amide bonds. The molecule has 6 nitrogen and oxygen atoms in total. The number of rotatable bonds is 7. The van der Waals surface area contributed by atoms with Crippen molar-refractivity contribution in [3.8, 4) is 0 Å². The second-order valence-corrected chi connectivity index (χ2v) is 8.70. The van der Waals surface area contributed by atoms with Crippen LogP contribution in [0.4, 0.5) is 5.00 Å². The quantitative estimate of drug-likeness (QED) is 0.194. The summed E-state index contributed by atoms with van der Waals surface area (Å²) < 4.78 is 2.30. The standard InChI is InChI=1S/C23H32N6S.HI/c1-3-24-23(27-19-11-15-28(16-12-19)22-10-6-17-30-22)25-13-7-14-29-18(2)26-20-8-4-5-9-21(20)29;/h4-6,8-10,17,19H,3,7,11-16H2,1-2H3,(H2,24,25,27);1H. The van der Waals surface area contributed by atoms with Crippen LogP contribution in [-0.4, -0.2) is 47.7 Å². The maximum absolute atomic E-state index is 4.83. The minimum atomic E-state index is 0. The van der Waals surface area contributed by atoms with E-state index < -0.39 is 0 Å². The van der Waals surface area contributed by atoms with Crippen LogP contribution in [0.1, 0.15) is 32.0 Å². The first kappa shape index (κ1) is 23.8. The summed E-state index contributed by atoms with van der Waals surface area (Å²) in [4.78, 5) is 12.0. The predicted molar refractivity (Wildman–Crippen MR) is 143 cm³/mol. The molecule has 1 saturated heterocycles. The van der Waals surface area contributed by atoms with Crippen molar-refractivity contribution < 1.29 is 0 Å². The van der Waals surface area contributed by atoms with Gasteiger partial charge in [-0.05, 0) is 62.8 Å². The first-order valence-corrected chi connectivity index (χ1v) is 11.9. The van der Waals surface area contributed by atoms with Gasteiger partial charge in [0.25, 0.3) is 0 Å². The molecule has 0 bridgehead atoms. The molecule has 0 spiro atoms. The molecule has 3 aromatic rings. The van der Waals surface area contributed by atoms with Gasteiger partial charge in [0.05, 0.1) is 16.0 Å². The Balaban J connectivity index is 0.00000272. The first-order chi connectivity index (χ1) is 14.7. The molecule has 0 radical (unpaired) electrons. The smallest absolute Gasteiger partial charge is 0.191 e. The van der Waals surface area contributed by atoms with E-state index in [1.165, 1.54) is 10.5 Å². The number of nitrogens with one attached hydrogen (secondary N) is 2. The lowest BCUT2D eigenvalue weighted by Crippen LogP contribution is -2.48. The van der Waals surface area contributed by atoms with E-state index in [9.17, 15) is 0 Å². The van der Waals surface area contributed by atoms with Crippen molar-refractivity contribution in [1.82, 2.24) is 20.2 Å². The highest BCUT2D eigenvalue weighted by molar-refractivity contribution is 14.0. The Bertz CT molecular complexity index is 960. The number of anilines is 1. The minimum Gasteiger partial charge on any atom is -0.363 e. The van der Waals surface area contributed by atoms with Crippen molar-refractivity contribution in [2.24, 2.45) is 4.99 Å². The average Bonchev–Trinajstić information content (AvgIpc) is 3.40. The van der Waals surface area contributed by atoms with Gasteiger partial charge in [-0.25, -0.2) is 4.98 Å². The van der Waals surface area contributed by atoms with E-state index in [1.54, 1.807) is 0 Å². The molecule has 8 heteroatoms. The molecule has 31 heavy (non-hydrogen) atoms. The molecule has 1 aliphatic rings. The summed E-state index contributed by atoms with van der Waals surface area (Å²) in [6.45, 7) is 9.03. The summed E-state index contributed by atoms with van der Waals surface area (Å²) >= 11 is 1.83. The molecular weight excluding hydrogens is 519 g/mol. The van der Waals surface area contributed by atoms with Crippen LogP contribution in [-0.2, 0) is 6.54 Å². The van der Waals surface area contributed by atoms with Crippen LogP contribution in [0.5, 0.6) is 0 Å². The summed E-state index contributed by atoms with van der Waals surface area (Å²) in [6.07, 6.45) is 3.28. The molecule has 3 heterocycles. The number of guanidine groups is 1. The molecule has 2 aromatic heterocycles. The number of fused-ring (bicyclic) bond motifs is 1. The average molecular weight is 553 g/mol. The number of aromatic nitrogens is 2. The maximum Gasteiger partial charge on any atom is 0.191 e. The SMILES string of the molecule is CCNC(=NCCCn1c(C)nc2ccccc21)NC1CCN(c2cccs2)CC1.I. The molecule has 168 valence electrons. The first-order valence-electron chi connectivity index (χ1n) is 11.0. The lowest BCUT2D eigenvalue weighted by molar-refractivity contribution is 0.462. The van der Waals surface area contributed by atoms with E-state index in [1.807, 2.05) is 17.4 Å². The van der Waals surface area contributed by atoms with Gasteiger partial charge in [-0.3, -0.25) is 4.99 Å². The minimum absolute atomic E-state index is 0. The number of nitrogens with zero attached hydrogens (tertiary/aromatic N) is 4. The second kappa shape index (κ2) is 11.7. The van der Waals surface area contributed by atoms with Gasteiger partial charge in [0.2, 0.25) is 0 Å². The fourth-order valence-electron chi connectivity index (χ4n) is 4.11. The van der Waals surface area contributed by atoms with Crippen LogP contribution in [0.2, 0.25) is 0 Å². The summed E-state index contributed by atoms with van der Waals surface area (Å²) in [5, 5.41) is 10.6. The Morgan fingerprint density at radius 3 is 2.74 bits per heavy atom. The van der Waals surface area contributed by atoms with Crippen LogP contribution in [0.15, 0.2) is 46.8 Å². The number of hydrogen-bond acceptors (Lipinski definition) is 4. The van der Waals surface area contributed by atoms with Crippen LogP contribution in [0, 0.1) is 6.92 Å². The zero-order valence-electron chi connectivity index (χ0n) is 18.4. The third kappa shape index (κ3) is 6.12. The number of halogens is 1. The molecule has 2 N–H and O–H groups in total. The Hall–Kier alpha value is -1.81. The monoisotopic (exact) mass is 552 g/mol. The Kier molecular flexibility index (Phi) is 9.01. The fourth-order valence-corrected chi connectivity index (χ4v) is 4.89. The normalized spacial score (nSPS) is 15.2. The molecule has 1 fully saturated rings. The van der Waals surface area contributed by atoms with Crippen molar-refractivity contribution in [1.29, 1.82) is 0 Å². The molecular formula is C23H33IN6S. The Labute approximate surface area is 206 Å². The lowest BCUT2D eigenvalue weighted by Gasteiger charge is -2.33. The highest BCUT2D eigenvalue weighted by Gasteiger charge is 2.20. The zero-order chi connectivity index (χ0) is 20.8. The number of imidazole rings is 1. The third-order valence-electron chi connectivity index (χ3n) is 5.65. The van der Waals surface area contributed by atoms with Gasteiger partial charge in [-0.1, -0.05) is 12.1 Å². The molecule has 0 atom stereocenters. The van der Waals surface area contributed by atoms with Gasteiger partial charge in [0, 0.05) is 38.8 Å². The number of aryl methyl sites for hydroxylation is 2. The van der Waals surface area contributed by atoms with Gasteiger partial charge >= 0.3 is 0 Å². The highest BCUT2D eigenvalue weighted by atomic mass is 127.